The van der Waals surface area contributed by atoms with Crippen molar-refractivity contribution in [3.05, 3.63) is 71.3 Å². The van der Waals surface area contributed by atoms with E-state index in [0.29, 0.717) is 5.92 Å². The summed E-state index contributed by atoms with van der Waals surface area (Å²) in [5, 5.41) is 0. The van der Waals surface area contributed by atoms with E-state index in [1.54, 1.807) is 0 Å². The summed E-state index contributed by atoms with van der Waals surface area (Å²) in [7, 11) is 0. The number of nitrogens with zero attached hydrogens (tertiary/aromatic N) is 1. The van der Waals surface area contributed by atoms with Gasteiger partial charge in [0.05, 0.1) is 0 Å². The van der Waals surface area contributed by atoms with Crippen molar-refractivity contribution in [2.24, 2.45) is 5.73 Å². The molecular formula is C19H22N2O. The van der Waals surface area contributed by atoms with Crippen LogP contribution < -0.4 is 5.73 Å². The first kappa shape index (κ1) is 14.8. The summed E-state index contributed by atoms with van der Waals surface area (Å²) >= 11 is 0. The van der Waals surface area contributed by atoms with Crippen LogP contribution in [-0.2, 0) is 4.79 Å². The SMILES string of the molecule is Cc1ccc(C(N)C(=O)N2CCC(c3ccccc3)C2)cc1. The molecule has 0 saturated carbocycles. The summed E-state index contributed by atoms with van der Waals surface area (Å²) in [6.45, 7) is 3.59. The number of likely N-dealkylation sites (tertiary alicyclic amines) is 1. The number of carbonyl (C=O) groups is 1. The molecule has 1 amide bonds. The van der Waals surface area contributed by atoms with Crippen LogP contribution in [0.1, 0.15) is 35.1 Å². The second-order valence-corrected chi connectivity index (χ2v) is 6.07. The Morgan fingerprint density at radius 3 is 2.50 bits per heavy atom. The molecule has 2 N–H and O–H groups in total. The molecule has 1 aliphatic heterocycles. The summed E-state index contributed by atoms with van der Waals surface area (Å²) < 4.78 is 0. The summed E-state index contributed by atoms with van der Waals surface area (Å²) in [6, 6.07) is 17.7. The number of hydrogen-bond acceptors (Lipinski definition) is 2. The fraction of sp³-hybridized carbons (Fsp3) is 0.316. The molecule has 2 atom stereocenters. The summed E-state index contributed by atoms with van der Waals surface area (Å²) in [6.07, 6.45) is 1.01. The molecule has 0 spiro atoms. The van der Waals surface area contributed by atoms with Crippen molar-refractivity contribution < 1.29 is 4.79 Å². The molecule has 0 bridgehead atoms. The fourth-order valence-electron chi connectivity index (χ4n) is 3.07. The number of rotatable bonds is 3. The molecular weight excluding hydrogens is 272 g/mol. The highest BCUT2D eigenvalue weighted by Crippen LogP contribution is 2.28. The zero-order valence-electron chi connectivity index (χ0n) is 12.9. The van der Waals surface area contributed by atoms with Gasteiger partial charge in [-0.3, -0.25) is 4.79 Å². The van der Waals surface area contributed by atoms with Crippen molar-refractivity contribution in [3.63, 3.8) is 0 Å². The predicted molar refractivity (Wildman–Crippen MR) is 88.5 cm³/mol. The normalized spacial score (nSPS) is 19.2. The minimum Gasteiger partial charge on any atom is -0.340 e. The van der Waals surface area contributed by atoms with Crippen LogP contribution in [0.25, 0.3) is 0 Å². The molecule has 2 aromatic carbocycles. The van der Waals surface area contributed by atoms with Gasteiger partial charge in [-0.25, -0.2) is 0 Å². The van der Waals surface area contributed by atoms with Gasteiger partial charge in [-0.05, 0) is 24.5 Å². The molecule has 1 aliphatic rings. The molecule has 0 aliphatic carbocycles. The van der Waals surface area contributed by atoms with Crippen LogP contribution >= 0.6 is 0 Å². The van der Waals surface area contributed by atoms with E-state index in [-0.39, 0.29) is 5.91 Å². The molecule has 3 rings (SSSR count). The van der Waals surface area contributed by atoms with E-state index in [0.717, 1.165) is 25.1 Å². The summed E-state index contributed by atoms with van der Waals surface area (Å²) in [5.74, 6) is 0.456. The molecule has 1 saturated heterocycles. The molecule has 1 heterocycles. The summed E-state index contributed by atoms with van der Waals surface area (Å²) in [4.78, 5) is 14.5. The lowest BCUT2D eigenvalue weighted by Crippen LogP contribution is -2.37. The number of amides is 1. The number of benzene rings is 2. The molecule has 0 radical (unpaired) electrons. The van der Waals surface area contributed by atoms with Crippen LogP contribution in [0.4, 0.5) is 0 Å². The Kier molecular flexibility index (Phi) is 4.25. The molecule has 22 heavy (non-hydrogen) atoms. The van der Waals surface area contributed by atoms with Crippen LogP contribution in [0.3, 0.4) is 0 Å². The maximum atomic E-state index is 12.6. The monoisotopic (exact) mass is 294 g/mol. The Morgan fingerprint density at radius 1 is 1.14 bits per heavy atom. The van der Waals surface area contributed by atoms with Gasteiger partial charge < -0.3 is 10.6 Å². The lowest BCUT2D eigenvalue weighted by atomic mass is 9.99. The highest BCUT2D eigenvalue weighted by atomic mass is 16.2. The Balaban J connectivity index is 1.67. The smallest absolute Gasteiger partial charge is 0.244 e. The van der Waals surface area contributed by atoms with E-state index in [4.69, 9.17) is 5.73 Å². The lowest BCUT2D eigenvalue weighted by molar-refractivity contribution is -0.131. The van der Waals surface area contributed by atoms with Gasteiger partial charge >= 0.3 is 0 Å². The third-order valence-corrected chi connectivity index (χ3v) is 4.47. The molecule has 1 fully saturated rings. The summed E-state index contributed by atoms with van der Waals surface area (Å²) in [5.41, 5.74) is 9.53. The van der Waals surface area contributed by atoms with E-state index in [1.165, 1.54) is 11.1 Å². The minimum absolute atomic E-state index is 0.0299. The highest BCUT2D eigenvalue weighted by molar-refractivity contribution is 5.83. The molecule has 114 valence electrons. The van der Waals surface area contributed by atoms with Gasteiger partial charge in [-0.2, -0.15) is 0 Å². The first-order chi connectivity index (χ1) is 10.6. The first-order valence-electron chi connectivity index (χ1n) is 7.81. The quantitative estimate of drug-likeness (QED) is 0.946. The fourth-order valence-corrected chi connectivity index (χ4v) is 3.07. The number of carbonyl (C=O) groups excluding carboxylic acids is 1. The molecule has 2 unspecified atom stereocenters. The van der Waals surface area contributed by atoms with E-state index in [2.05, 4.69) is 24.3 Å². The van der Waals surface area contributed by atoms with Crippen molar-refractivity contribution >= 4 is 5.91 Å². The average Bonchev–Trinajstić information content (AvgIpc) is 3.05. The standard InChI is InChI=1S/C19H22N2O/c1-14-7-9-16(10-8-14)18(20)19(22)21-12-11-17(13-21)15-5-3-2-4-6-15/h2-10,17-18H,11-13,20H2,1H3. The van der Waals surface area contributed by atoms with Crippen LogP contribution in [0.15, 0.2) is 54.6 Å². The second kappa shape index (κ2) is 6.32. The van der Waals surface area contributed by atoms with E-state index in [9.17, 15) is 4.79 Å². The van der Waals surface area contributed by atoms with Crippen molar-refractivity contribution in [2.45, 2.75) is 25.3 Å². The van der Waals surface area contributed by atoms with E-state index >= 15 is 0 Å². The van der Waals surface area contributed by atoms with Gasteiger partial charge in [-0.15, -0.1) is 0 Å². The van der Waals surface area contributed by atoms with Crippen molar-refractivity contribution in [2.75, 3.05) is 13.1 Å². The zero-order valence-corrected chi connectivity index (χ0v) is 12.9. The number of aryl methyl sites for hydroxylation is 1. The Labute approximate surface area is 131 Å². The topological polar surface area (TPSA) is 46.3 Å². The molecule has 3 nitrogen and oxygen atoms in total. The van der Waals surface area contributed by atoms with Crippen LogP contribution in [0.5, 0.6) is 0 Å². The largest absolute Gasteiger partial charge is 0.340 e. The minimum atomic E-state index is -0.560. The average molecular weight is 294 g/mol. The lowest BCUT2D eigenvalue weighted by Gasteiger charge is -2.21. The van der Waals surface area contributed by atoms with Crippen molar-refractivity contribution in [1.29, 1.82) is 0 Å². The van der Waals surface area contributed by atoms with E-state index < -0.39 is 6.04 Å². The van der Waals surface area contributed by atoms with Gasteiger partial charge in [0.2, 0.25) is 5.91 Å². The van der Waals surface area contributed by atoms with Gasteiger partial charge in [0.15, 0.2) is 0 Å². The Bertz CT molecular complexity index is 636. The van der Waals surface area contributed by atoms with Crippen LogP contribution in [-0.4, -0.2) is 23.9 Å². The molecule has 3 heteroatoms. The van der Waals surface area contributed by atoms with Crippen molar-refractivity contribution in [1.82, 2.24) is 4.90 Å². The number of nitrogens with two attached hydrogens (primary N) is 1. The molecule has 0 aromatic heterocycles. The molecule has 2 aromatic rings. The Hall–Kier alpha value is -2.13. The van der Waals surface area contributed by atoms with Crippen LogP contribution in [0.2, 0.25) is 0 Å². The zero-order chi connectivity index (χ0) is 15.5. The highest BCUT2D eigenvalue weighted by Gasteiger charge is 2.30. The van der Waals surface area contributed by atoms with Gasteiger partial charge in [0.1, 0.15) is 6.04 Å². The van der Waals surface area contributed by atoms with Gasteiger partial charge in [0, 0.05) is 19.0 Å². The first-order valence-corrected chi connectivity index (χ1v) is 7.81. The second-order valence-electron chi connectivity index (χ2n) is 6.07. The van der Waals surface area contributed by atoms with Gasteiger partial charge in [0.25, 0.3) is 0 Å². The third-order valence-electron chi connectivity index (χ3n) is 4.47. The maximum Gasteiger partial charge on any atom is 0.244 e. The third kappa shape index (κ3) is 3.04. The number of hydrogen-bond donors (Lipinski definition) is 1. The maximum absolute atomic E-state index is 12.6. The predicted octanol–water partition coefficient (Wildman–Crippen LogP) is 3.01. The van der Waals surface area contributed by atoms with Crippen LogP contribution in [0, 0.1) is 6.92 Å². The van der Waals surface area contributed by atoms with E-state index in [1.807, 2.05) is 42.2 Å². The van der Waals surface area contributed by atoms with Gasteiger partial charge in [-0.1, -0.05) is 60.2 Å². The van der Waals surface area contributed by atoms with Crippen molar-refractivity contribution in [3.8, 4) is 0 Å². The Morgan fingerprint density at radius 2 is 1.82 bits per heavy atom.